The zero-order chi connectivity index (χ0) is 20.5. The molecule has 0 unspecified atom stereocenters. The van der Waals surface area contributed by atoms with Crippen molar-refractivity contribution in [3.63, 3.8) is 0 Å². The Morgan fingerprint density at radius 3 is 2.30 bits per heavy atom. The van der Waals surface area contributed by atoms with E-state index in [0.29, 0.717) is 13.1 Å². The number of benzene rings is 2. The molecule has 0 saturated carbocycles. The van der Waals surface area contributed by atoms with Gasteiger partial charge in [0.15, 0.2) is 0 Å². The fraction of sp³-hybridized carbons (Fsp3) is 0.333. The van der Waals surface area contributed by atoms with Crippen molar-refractivity contribution in [1.29, 1.82) is 0 Å². The fourth-order valence-corrected chi connectivity index (χ4v) is 4.72. The number of carbonyl (C=O) groups excluding carboxylic acids is 1. The molecule has 30 heavy (non-hydrogen) atoms. The van der Waals surface area contributed by atoms with Gasteiger partial charge in [0.1, 0.15) is 5.82 Å². The number of aromatic nitrogens is 1. The number of hydrogen-bond acceptors (Lipinski definition) is 4. The summed E-state index contributed by atoms with van der Waals surface area (Å²) in [6, 6.07) is 18.0. The summed E-state index contributed by atoms with van der Waals surface area (Å²) in [6.45, 7) is 4.83. The summed E-state index contributed by atoms with van der Waals surface area (Å²) in [6.07, 6.45) is 2.30. The first-order valence-corrected chi connectivity index (χ1v) is 11.0. The number of pyridine rings is 1. The molecular formula is C24H25ClN4O. The van der Waals surface area contributed by atoms with Gasteiger partial charge in [-0.2, -0.15) is 0 Å². The maximum absolute atomic E-state index is 13.5. The number of para-hydroxylation sites is 2. The Morgan fingerprint density at radius 2 is 1.53 bits per heavy atom. The van der Waals surface area contributed by atoms with Crippen molar-refractivity contribution in [2.24, 2.45) is 0 Å². The van der Waals surface area contributed by atoms with Gasteiger partial charge in [-0.05, 0) is 37.1 Å². The van der Waals surface area contributed by atoms with Gasteiger partial charge < -0.3 is 14.7 Å². The van der Waals surface area contributed by atoms with Crippen LogP contribution in [0.25, 0.3) is 10.9 Å². The van der Waals surface area contributed by atoms with Crippen LogP contribution < -0.4 is 9.80 Å². The first-order valence-electron chi connectivity index (χ1n) is 10.6. The molecule has 154 valence electrons. The summed E-state index contributed by atoms with van der Waals surface area (Å²) in [5, 5.41) is 1.77. The molecule has 0 radical (unpaired) electrons. The van der Waals surface area contributed by atoms with Crippen molar-refractivity contribution < 1.29 is 4.79 Å². The summed E-state index contributed by atoms with van der Waals surface area (Å²) < 4.78 is 0. The molecule has 0 bridgehead atoms. The van der Waals surface area contributed by atoms with Gasteiger partial charge in [0.2, 0.25) is 0 Å². The van der Waals surface area contributed by atoms with Gasteiger partial charge in [-0.15, -0.1) is 0 Å². The van der Waals surface area contributed by atoms with Crippen LogP contribution >= 0.6 is 11.6 Å². The number of carbonyl (C=O) groups is 1. The van der Waals surface area contributed by atoms with Crippen LogP contribution in [0.5, 0.6) is 0 Å². The van der Waals surface area contributed by atoms with Gasteiger partial charge >= 0.3 is 0 Å². The lowest BCUT2D eigenvalue weighted by Crippen LogP contribution is -2.49. The molecule has 2 aliphatic rings. The number of amides is 1. The highest BCUT2D eigenvalue weighted by atomic mass is 35.5. The number of halogens is 1. The van der Waals surface area contributed by atoms with Crippen molar-refractivity contribution in [2.75, 3.05) is 49.1 Å². The number of hydrogen-bond donors (Lipinski definition) is 0. The zero-order valence-corrected chi connectivity index (χ0v) is 17.7. The van der Waals surface area contributed by atoms with Gasteiger partial charge in [0, 0.05) is 44.7 Å². The molecule has 2 saturated heterocycles. The van der Waals surface area contributed by atoms with Crippen LogP contribution in [0.15, 0.2) is 54.6 Å². The van der Waals surface area contributed by atoms with Crippen LogP contribution in [-0.4, -0.2) is 55.1 Å². The van der Waals surface area contributed by atoms with Crippen molar-refractivity contribution >= 4 is 39.9 Å². The Labute approximate surface area is 181 Å². The van der Waals surface area contributed by atoms with E-state index in [1.165, 1.54) is 0 Å². The molecule has 2 aliphatic heterocycles. The highest BCUT2D eigenvalue weighted by Crippen LogP contribution is 2.29. The molecule has 6 heteroatoms. The normalized spacial score (nSPS) is 17.0. The second kappa shape index (κ2) is 8.15. The summed E-state index contributed by atoms with van der Waals surface area (Å²) in [5.74, 6) is 0.915. The molecule has 0 N–H and O–H groups in total. The van der Waals surface area contributed by atoms with Gasteiger partial charge in [0.05, 0.1) is 21.8 Å². The summed E-state index contributed by atoms with van der Waals surface area (Å²) in [5.41, 5.74) is 2.71. The van der Waals surface area contributed by atoms with Gasteiger partial charge in [-0.1, -0.05) is 41.9 Å². The van der Waals surface area contributed by atoms with Crippen molar-refractivity contribution in [3.05, 3.63) is 65.2 Å². The molecule has 2 fully saturated rings. The second-order valence-corrected chi connectivity index (χ2v) is 8.38. The van der Waals surface area contributed by atoms with Gasteiger partial charge in [-0.3, -0.25) is 4.79 Å². The predicted octanol–water partition coefficient (Wildman–Crippen LogP) is 4.45. The quantitative estimate of drug-likeness (QED) is 0.627. The Morgan fingerprint density at radius 1 is 0.833 bits per heavy atom. The van der Waals surface area contributed by atoms with E-state index in [1.54, 1.807) is 0 Å². The van der Waals surface area contributed by atoms with E-state index >= 15 is 0 Å². The van der Waals surface area contributed by atoms with Crippen LogP contribution in [-0.2, 0) is 0 Å². The molecule has 0 atom stereocenters. The van der Waals surface area contributed by atoms with Crippen molar-refractivity contribution in [2.45, 2.75) is 12.8 Å². The number of anilines is 2. The summed E-state index contributed by atoms with van der Waals surface area (Å²) in [7, 11) is 0. The topological polar surface area (TPSA) is 39.7 Å². The monoisotopic (exact) mass is 420 g/mol. The van der Waals surface area contributed by atoms with Crippen LogP contribution in [0.1, 0.15) is 23.2 Å². The second-order valence-electron chi connectivity index (χ2n) is 7.98. The third-order valence-electron chi connectivity index (χ3n) is 6.10. The minimum absolute atomic E-state index is 0.0777. The largest absolute Gasteiger partial charge is 0.367 e. The number of rotatable bonds is 3. The van der Waals surface area contributed by atoms with E-state index in [4.69, 9.17) is 16.6 Å². The maximum atomic E-state index is 13.5. The maximum Gasteiger partial charge on any atom is 0.257 e. The highest BCUT2D eigenvalue weighted by Gasteiger charge is 2.28. The Kier molecular flexibility index (Phi) is 5.21. The SMILES string of the molecule is O=C(c1cc2ccccc2nc1N1CCCC1)N1CCN(c2ccccc2Cl)CC1. The number of fused-ring (bicyclic) bond motifs is 1. The number of nitrogens with zero attached hydrogens (tertiary/aromatic N) is 4. The molecule has 5 rings (SSSR count). The third-order valence-corrected chi connectivity index (χ3v) is 6.42. The first-order chi connectivity index (χ1) is 14.7. The molecule has 2 aromatic carbocycles. The first kappa shape index (κ1) is 19.2. The summed E-state index contributed by atoms with van der Waals surface area (Å²) >= 11 is 6.37. The summed E-state index contributed by atoms with van der Waals surface area (Å²) in [4.78, 5) is 24.9. The molecule has 3 aromatic rings. The smallest absolute Gasteiger partial charge is 0.257 e. The highest BCUT2D eigenvalue weighted by molar-refractivity contribution is 6.33. The Hall–Kier alpha value is -2.79. The van der Waals surface area contributed by atoms with Crippen LogP contribution in [0.2, 0.25) is 5.02 Å². The van der Waals surface area contributed by atoms with Crippen molar-refractivity contribution in [3.8, 4) is 0 Å². The molecule has 5 nitrogen and oxygen atoms in total. The fourth-order valence-electron chi connectivity index (χ4n) is 4.46. The lowest BCUT2D eigenvalue weighted by atomic mass is 10.1. The van der Waals surface area contributed by atoms with E-state index in [9.17, 15) is 4.79 Å². The van der Waals surface area contributed by atoms with Crippen LogP contribution in [0.4, 0.5) is 11.5 Å². The van der Waals surface area contributed by atoms with Crippen LogP contribution in [0.3, 0.4) is 0 Å². The average molecular weight is 421 g/mol. The van der Waals surface area contributed by atoms with Gasteiger partial charge in [0.25, 0.3) is 5.91 Å². The Balaban J connectivity index is 1.41. The number of piperazine rings is 1. The van der Waals surface area contributed by atoms with E-state index < -0.39 is 0 Å². The van der Waals surface area contributed by atoms with E-state index in [0.717, 1.165) is 72.0 Å². The van der Waals surface area contributed by atoms with E-state index in [-0.39, 0.29) is 5.91 Å². The third kappa shape index (κ3) is 3.58. The van der Waals surface area contributed by atoms with E-state index in [1.807, 2.05) is 59.5 Å². The lowest BCUT2D eigenvalue weighted by Gasteiger charge is -2.37. The van der Waals surface area contributed by atoms with Crippen LogP contribution in [0, 0.1) is 0 Å². The molecule has 3 heterocycles. The minimum atomic E-state index is 0.0777. The Bertz CT molecular complexity index is 1070. The predicted molar refractivity (Wildman–Crippen MR) is 123 cm³/mol. The molecule has 1 aromatic heterocycles. The average Bonchev–Trinajstić information content (AvgIpc) is 3.33. The molecule has 0 spiro atoms. The molecule has 0 aliphatic carbocycles. The van der Waals surface area contributed by atoms with E-state index in [2.05, 4.69) is 9.80 Å². The lowest BCUT2D eigenvalue weighted by molar-refractivity contribution is 0.0747. The molecule has 1 amide bonds. The van der Waals surface area contributed by atoms with Gasteiger partial charge in [-0.25, -0.2) is 4.98 Å². The standard InChI is InChI=1S/C24H25ClN4O/c25-20-8-2-4-10-22(20)27-13-15-29(16-14-27)24(30)19-17-18-7-1-3-9-21(18)26-23(19)28-11-5-6-12-28/h1-4,7-10,17H,5-6,11-16H2. The molecular weight excluding hydrogens is 396 g/mol. The van der Waals surface area contributed by atoms with Crippen molar-refractivity contribution in [1.82, 2.24) is 9.88 Å². The minimum Gasteiger partial charge on any atom is -0.367 e. The zero-order valence-electron chi connectivity index (χ0n) is 16.9.